The van der Waals surface area contributed by atoms with Crippen LogP contribution in [0.5, 0.6) is 5.75 Å². The lowest BCUT2D eigenvalue weighted by Gasteiger charge is -2.13. The first-order valence-electron chi connectivity index (χ1n) is 7.21. The maximum Gasteiger partial charge on any atom is 0.191 e. The molecule has 0 unspecified atom stereocenters. The first kappa shape index (κ1) is 19.3. The van der Waals surface area contributed by atoms with Crippen molar-refractivity contribution in [2.75, 3.05) is 26.7 Å². The Bertz CT molecular complexity index is 590. The molecule has 0 radical (unpaired) electrons. The fraction of sp³-hybridized carbons (Fsp3) is 0.312. The van der Waals surface area contributed by atoms with E-state index < -0.39 is 0 Å². The van der Waals surface area contributed by atoms with Gasteiger partial charge in [0.15, 0.2) is 5.96 Å². The van der Waals surface area contributed by atoms with Gasteiger partial charge in [-0.25, -0.2) is 4.39 Å². The Labute approximate surface area is 153 Å². The van der Waals surface area contributed by atoms with Crippen LogP contribution in [-0.2, 0) is 6.54 Å². The molecule has 2 aromatic rings. The van der Waals surface area contributed by atoms with Crippen molar-refractivity contribution in [2.45, 2.75) is 6.54 Å². The van der Waals surface area contributed by atoms with E-state index in [1.165, 1.54) is 12.1 Å². The summed E-state index contributed by atoms with van der Waals surface area (Å²) < 4.78 is 20.5. The van der Waals surface area contributed by atoms with Crippen LogP contribution in [0.3, 0.4) is 0 Å². The highest BCUT2D eigenvalue weighted by atomic mass is 127. The van der Waals surface area contributed by atoms with Gasteiger partial charge >= 0.3 is 0 Å². The molecule has 1 aromatic heterocycles. The lowest BCUT2D eigenvalue weighted by molar-refractivity contribution is 0.320. The van der Waals surface area contributed by atoms with Crippen molar-refractivity contribution in [3.05, 3.63) is 54.6 Å². The fourth-order valence-corrected chi connectivity index (χ4v) is 1.94. The summed E-state index contributed by atoms with van der Waals surface area (Å²) in [6.07, 6.45) is 4.04. The number of nitrogens with zero attached hydrogens (tertiary/aromatic N) is 2. The van der Waals surface area contributed by atoms with Gasteiger partial charge in [0.2, 0.25) is 0 Å². The topological polar surface area (TPSA) is 50.6 Å². The van der Waals surface area contributed by atoms with Crippen LogP contribution in [0.15, 0.2) is 53.8 Å². The smallest absolute Gasteiger partial charge is 0.191 e. The van der Waals surface area contributed by atoms with E-state index in [2.05, 4.69) is 20.2 Å². The molecule has 2 N–H and O–H groups in total. The number of benzene rings is 1. The Morgan fingerprint density at radius 2 is 1.91 bits per heavy atom. The van der Waals surface area contributed by atoms with E-state index in [0.29, 0.717) is 18.9 Å². The number of ether oxygens (including phenoxy) is 1. The molecule has 23 heavy (non-hydrogen) atoms. The molecule has 0 aliphatic carbocycles. The van der Waals surface area contributed by atoms with Crippen molar-refractivity contribution >= 4 is 29.9 Å². The summed E-state index contributed by atoms with van der Waals surface area (Å²) in [6, 6.07) is 10.1. The van der Waals surface area contributed by atoms with Crippen LogP contribution in [0.1, 0.15) is 0 Å². The molecule has 2 rings (SSSR count). The molecule has 5 nitrogen and oxygen atoms in total. The molecule has 1 aromatic carbocycles. The molecule has 126 valence electrons. The average Bonchev–Trinajstić information content (AvgIpc) is 3.03. The number of aromatic nitrogens is 1. The predicted octanol–water partition coefficient (Wildman–Crippen LogP) is 2.49. The van der Waals surface area contributed by atoms with E-state index in [-0.39, 0.29) is 29.8 Å². The van der Waals surface area contributed by atoms with Gasteiger partial charge in [-0.3, -0.25) is 4.99 Å². The zero-order valence-corrected chi connectivity index (χ0v) is 15.4. The summed E-state index contributed by atoms with van der Waals surface area (Å²) in [5.74, 6) is 0.945. The lowest BCUT2D eigenvalue weighted by atomic mass is 10.3. The molecule has 0 fully saturated rings. The molecule has 0 bridgehead atoms. The number of halogens is 2. The minimum Gasteiger partial charge on any atom is -0.492 e. The second-order valence-corrected chi connectivity index (χ2v) is 4.65. The quantitative estimate of drug-likeness (QED) is 0.306. The summed E-state index contributed by atoms with van der Waals surface area (Å²) in [5, 5.41) is 6.36. The van der Waals surface area contributed by atoms with Gasteiger partial charge in [0, 0.05) is 38.6 Å². The van der Waals surface area contributed by atoms with Crippen molar-refractivity contribution in [1.82, 2.24) is 15.2 Å². The van der Waals surface area contributed by atoms with Crippen molar-refractivity contribution in [3.8, 4) is 5.75 Å². The predicted molar refractivity (Wildman–Crippen MR) is 101 cm³/mol. The van der Waals surface area contributed by atoms with Gasteiger partial charge in [-0.2, -0.15) is 0 Å². The molecule has 0 spiro atoms. The average molecular weight is 432 g/mol. The van der Waals surface area contributed by atoms with E-state index in [1.54, 1.807) is 19.2 Å². The molecule has 0 atom stereocenters. The summed E-state index contributed by atoms with van der Waals surface area (Å²) in [4.78, 5) is 4.14. The number of aliphatic imine (C=N–C) groups is 1. The first-order chi connectivity index (χ1) is 10.8. The van der Waals surface area contributed by atoms with Crippen molar-refractivity contribution < 1.29 is 9.13 Å². The van der Waals surface area contributed by atoms with Gasteiger partial charge in [-0.1, -0.05) is 6.07 Å². The summed E-state index contributed by atoms with van der Waals surface area (Å²) >= 11 is 0. The normalized spacial score (nSPS) is 10.8. The van der Waals surface area contributed by atoms with E-state index in [0.717, 1.165) is 19.0 Å². The standard InChI is InChI=1S/C16H21FN4O.HI/c1-18-16(19-7-11-21-9-2-3-10-21)20-8-12-22-15-6-4-5-14(17)13-15;/h2-6,9-10,13H,7-8,11-12H2,1H3,(H2,18,19,20);1H. The highest BCUT2D eigenvalue weighted by molar-refractivity contribution is 14.0. The van der Waals surface area contributed by atoms with Gasteiger partial charge in [0.05, 0.1) is 6.54 Å². The van der Waals surface area contributed by atoms with Crippen LogP contribution in [0, 0.1) is 5.82 Å². The van der Waals surface area contributed by atoms with Gasteiger partial charge in [0.1, 0.15) is 18.2 Å². The van der Waals surface area contributed by atoms with E-state index in [4.69, 9.17) is 4.74 Å². The number of guanidine groups is 1. The SMILES string of the molecule is CN=C(NCCOc1cccc(F)c1)NCCn1cccc1.I. The summed E-state index contributed by atoms with van der Waals surface area (Å²) in [7, 11) is 1.72. The number of hydrogen-bond donors (Lipinski definition) is 2. The zero-order chi connectivity index (χ0) is 15.6. The van der Waals surface area contributed by atoms with Crippen LogP contribution >= 0.6 is 24.0 Å². The van der Waals surface area contributed by atoms with Crippen LogP contribution in [-0.4, -0.2) is 37.3 Å². The van der Waals surface area contributed by atoms with Crippen molar-refractivity contribution in [1.29, 1.82) is 0 Å². The summed E-state index contributed by atoms with van der Waals surface area (Å²) in [5.41, 5.74) is 0. The van der Waals surface area contributed by atoms with Crippen LogP contribution in [0.2, 0.25) is 0 Å². The first-order valence-corrected chi connectivity index (χ1v) is 7.21. The second kappa shape index (κ2) is 10.9. The van der Waals surface area contributed by atoms with Crippen molar-refractivity contribution in [2.24, 2.45) is 4.99 Å². The number of rotatable bonds is 7. The van der Waals surface area contributed by atoms with Crippen molar-refractivity contribution in [3.63, 3.8) is 0 Å². The van der Waals surface area contributed by atoms with E-state index in [9.17, 15) is 4.39 Å². The molecule has 0 amide bonds. The van der Waals surface area contributed by atoms with Gasteiger partial charge in [0.25, 0.3) is 0 Å². The van der Waals surface area contributed by atoms with Crippen LogP contribution in [0.25, 0.3) is 0 Å². The third kappa shape index (κ3) is 7.36. The number of nitrogens with one attached hydrogen (secondary N) is 2. The highest BCUT2D eigenvalue weighted by Crippen LogP contribution is 2.11. The summed E-state index contributed by atoms with van der Waals surface area (Å²) in [6.45, 7) is 2.66. The Morgan fingerprint density at radius 3 is 2.61 bits per heavy atom. The molecule has 7 heteroatoms. The van der Waals surface area contributed by atoms with E-state index in [1.807, 2.05) is 24.5 Å². The monoisotopic (exact) mass is 432 g/mol. The molecule has 0 aliphatic heterocycles. The van der Waals surface area contributed by atoms with Gasteiger partial charge in [-0.15, -0.1) is 24.0 Å². The number of hydrogen-bond acceptors (Lipinski definition) is 2. The van der Waals surface area contributed by atoms with Crippen LogP contribution in [0.4, 0.5) is 4.39 Å². The molecular weight excluding hydrogens is 410 g/mol. The fourth-order valence-electron chi connectivity index (χ4n) is 1.94. The Kier molecular flexibility index (Phi) is 9.11. The zero-order valence-electron chi connectivity index (χ0n) is 13.0. The Hall–Kier alpha value is -1.77. The molecule has 0 aliphatic rings. The largest absolute Gasteiger partial charge is 0.492 e. The minimum atomic E-state index is -0.298. The molecular formula is C16H22FIN4O. The van der Waals surface area contributed by atoms with Crippen LogP contribution < -0.4 is 15.4 Å². The van der Waals surface area contributed by atoms with Gasteiger partial charge in [-0.05, 0) is 24.3 Å². The Morgan fingerprint density at radius 1 is 1.17 bits per heavy atom. The third-order valence-electron chi connectivity index (χ3n) is 3.01. The highest BCUT2D eigenvalue weighted by Gasteiger charge is 1.98. The maximum absolute atomic E-state index is 13.0. The second-order valence-electron chi connectivity index (χ2n) is 4.65. The Balaban J connectivity index is 0.00000264. The maximum atomic E-state index is 13.0. The molecule has 0 saturated heterocycles. The minimum absolute atomic E-state index is 0. The molecule has 1 heterocycles. The molecule has 0 saturated carbocycles. The van der Waals surface area contributed by atoms with Gasteiger partial charge < -0.3 is 19.9 Å². The van der Waals surface area contributed by atoms with E-state index >= 15 is 0 Å². The third-order valence-corrected chi connectivity index (χ3v) is 3.01. The lowest BCUT2D eigenvalue weighted by Crippen LogP contribution is -2.40.